The predicted molar refractivity (Wildman–Crippen MR) is 60.9 cm³/mol. The highest BCUT2D eigenvalue weighted by molar-refractivity contribution is 7.17. The number of thiophene rings is 1. The van der Waals surface area contributed by atoms with Gasteiger partial charge in [-0.1, -0.05) is 12.1 Å². The summed E-state index contributed by atoms with van der Waals surface area (Å²) in [6.45, 7) is 0.718. The Kier molecular flexibility index (Phi) is 2.70. The third kappa shape index (κ3) is 1.61. The number of rotatable bonds is 3. The van der Waals surface area contributed by atoms with Gasteiger partial charge in [0.1, 0.15) is 5.75 Å². The van der Waals surface area contributed by atoms with E-state index in [2.05, 4.69) is 11.4 Å². The van der Waals surface area contributed by atoms with E-state index in [9.17, 15) is 5.11 Å². The maximum absolute atomic E-state index is 9.60. The number of aryl methyl sites for hydroxylation is 1. The Labute approximate surface area is 87.0 Å². The Balaban J connectivity index is 2.42. The Morgan fingerprint density at radius 3 is 3.00 bits per heavy atom. The first-order valence-corrected chi connectivity index (χ1v) is 5.59. The van der Waals surface area contributed by atoms with Crippen molar-refractivity contribution in [3.8, 4) is 5.75 Å². The van der Waals surface area contributed by atoms with Crippen molar-refractivity contribution < 1.29 is 5.11 Å². The molecular formula is C11H13NOS. The number of hydrogen-bond donors (Lipinski definition) is 2. The van der Waals surface area contributed by atoms with Gasteiger partial charge in [-0.3, -0.25) is 0 Å². The van der Waals surface area contributed by atoms with Crippen molar-refractivity contribution in [3.63, 3.8) is 0 Å². The van der Waals surface area contributed by atoms with Crippen LogP contribution in [0.25, 0.3) is 10.1 Å². The molecule has 0 radical (unpaired) electrons. The monoisotopic (exact) mass is 207 g/mol. The first-order valence-electron chi connectivity index (χ1n) is 4.71. The largest absolute Gasteiger partial charge is 0.506 e. The highest BCUT2D eigenvalue weighted by Gasteiger charge is 2.05. The minimum atomic E-state index is 0.381. The van der Waals surface area contributed by atoms with Crippen LogP contribution in [0.1, 0.15) is 12.0 Å². The van der Waals surface area contributed by atoms with E-state index in [1.807, 2.05) is 6.07 Å². The van der Waals surface area contributed by atoms with Crippen molar-refractivity contribution in [1.82, 2.24) is 0 Å². The zero-order chi connectivity index (χ0) is 9.97. The van der Waals surface area contributed by atoms with Gasteiger partial charge in [0, 0.05) is 0 Å². The Morgan fingerprint density at radius 2 is 2.21 bits per heavy atom. The van der Waals surface area contributed by atoms with Gasteiger partial charge in [0.15, 0.2) is 0 Å². The maximum Gasteiger partial charge on any atom is 0.133 e. The number of hydrogen-bond acceptors (Lipinski definition) is 3. The van der Waals surface area contributed by atoms with Gasteiger partial charge in [-0.15, -0.1) is 11.3 Å². The Bertz CT molecular complexity index is 436. The van der Waals surface area contributed by atoms with Crippen LogP contribution in [0.2, 0.25) is 0 Å². The molecule has 0 aliphatic heterocycles. The molecule has 0 amide bonds. The van der Waals surface area contributed by atoms with Crippen LogP contribution in [0.5, 0.6) is 5.75 Å². The van der Waals surface area contributed by atoms with Gasteiger partial charge in [0.2, 0.25) is 0 Å². The van der Waals surface area contributed by atoms with E-state index >= 15 is 0 Å². The van der Waals surface area contributed by atoms with Gasteiger partial charge in [0.25, 0.3) is 0 Å². The average molecular weight is 207 g/mol. The molecule has 14 heavy (non-hydrogen) atoms. The number of aromatic hydroxyl groups is 1. The molecule has 3 heteroatoms. The summed E-state index contributed by atoms with van der Waals surface area (Å²) in [5.74, 6) is 0.381. The van der Waals surface area contributed by atoms with Crippen molar-refractivity contribution >= 4 is 21.4 Å². The van der Waals surface area contributed by atoms with Crippen LogP contribution in [0.3, 0.4) is 0 Å². The van der Waals surface area contributed by atoms with E-state index in [1.165, 1.54) is 10.9 Å². The molecule has 0 fully saturated rings. The van der Waals surface area contributed by atoms with E-state index in [0.29, 0.717) is 5.75 Å². The minimum Gasteiger partial charge on any atom is -0.506 e. The number of nitrogens with two attached hydrogens (primary N) is 1. The molecule has 0 spiro atoms. The lowest BCUT2D eigenvalue weighted by atomic mass is 10.1. The van der Waals surface area contributed by atoms with Crippen molar-refractivity contribution in [3.05, 3.63) is 29.1 Å². The molecule has 0 aliphatic rings. The molecule has 2 rings (SSSR count). The van der Waals surface area contributed by atoms with Crippen LogP contribution in [0, 0.1) is 0 Å². The molecule has 0 bridgehead atoms. The van der Waals surface area contributed by atoms with Gasteiger partial charge in [0.05, 0.1) is 4.70 Å². The van der Waals surface area contributed by atoms with Crippen molar-refractivity contribution in [2.75, 3.05) is 6.54 Å². The summed E-state index contributed by atoms with van der Waals surface area (Å²) in [4.78, 5) is 0. The summed E-state index contributed by atoms with van der Waals surface area (Å²) in [6.07, 6.45) is 2.00. The van der Waals surface area contributed by atoms with Crippen LogP contribution >= 0.6 is 11.3 Å². The molecule has 1 aromatic heterocycles. The summed E-state index contributed by atoms with van der Waals surface area (Å²) < 4.78 is 0.986. The maximum atomic E-state index is 9.60. The van der Waals surface area contributed by atoms with Crippen molar-refractivity contribution in [1.29, 1.82) is 0 Å². The average Bonchev–Trinajstić information content (AvgIpc) is 2.60. The smallest absolute Gasteiger partial charge is 0.133 e. The molecule has 0 atom stereocenters. The topological polar surface area (TPSA) is 46.2 Å². The molecule has 1 heterocycles. The minimum absolute atomic E-state index is 0.381. The molecular weight excluding hydrogens is 194 g/mol. The van der Waals surface area contributed by atoms with Gasteiger partial charge in [-0.25, -0.2) is 0 Å². The van der Waals surface area contributed by atoms with Crippen LogP contribution in [0.15, 0.2) is 23.6 Å². The van der Waals surface area contributed by atoms with Crippen molar-refractivity contribution in [2.24, 2.45) is 5.73 Å². The quantitative estimate of drug-likeness (QED) is 0.812. The summed E-state index contributed by atoms with van der Waals surface area (Å²) >= 11 is 1.60. The standard InChI is InChI=1S/C11H13NOS/c12-6-2-3-8-7-14-11-9(8)4-1-5-10(11)13/h1,4-5,7,13H,2-3,6,12H2. The van der Waals surface area contributed by atoms with Crippen LogP contribution in [0.4, 0.5) is 0 Å². The van der Waals surface area contributed by atoms with Crippen molar-refractivity contribution in [2.45, 2.75) is 12.8 Å². The summed E-state index contributed by atoms with van der Waals surface area (Å²) in [7, 11) is 0. The first kappa shape index (κ1) is 9.49. The van der Waals surface area contributed by atoms with Gasteiger partial charge in [-0.05, 0) is 41.8 Å². The fourth-order valence-corrected chi connectivity index (χ4v) is 2.60. The summed E-state index contributed by atoms with van der Waals surface area (Å²) in [5.41, 5.74) is 6.77. The van der Waals surface area contributed by atoms with E-state index < -0.39 is 0 Å². The molecule has 0 saturated carbocycles. The second-order valence-electron chi connectivity index (χ2n) is 3.31. The number of phenols is 1. The Morgan fingerprint density at radius 1 is 1.36 bits per heavy atom. The van der Waals surface area contributed by atoms with Crippen LogP contribution in [-0.2, 0) is 6.42 Å². The van der Waals surface area contributed by atoms with E-state index in [4.69, 9.17) is 5.73 Å². The normalized spacial score (nSPS) is 10.9. The number of fused-ring (bicyclic) bond motifs is 1. The van der Waals surface area contributed by atoms with Gasteiger partial charge >= 0.3 is 0 Å². The molecule has 74 valence electrons. The SMILES string of the molecule is NCCCc1csc2c(O)cccc12. The molecule has 3 N–H and O–H groups in total. The third-order valence-corrected chi connectivity index (χ3v) is 3.38. The third-order valence-electron chi connectivity index (χ3n) is 2.31. The van der Waals surface area contributed by atoms with Crippen LogP contribution in [-0.4, -0.2) is 11.7 Å². The fraction of sp³-hybridized carbons (Fsp3) is 0.273. The lowest BCUT2D eigenvalue weighted by Crippen LogP contribution is -1.99. The highest BCUT2D eigenvalue weighted by Crippen LogP contribution is 2.33. The Hall–Kier alpha value is -1.06. The zero-order valence-corrected chi connectivity index (χ0v) is 8.68. The summed E-state index contributed by atoms with van der Waals surface area (Å²) in [5, 5.41) is 12.9. The van der Waals surface area contributed by atoms with Gasteiger partial charge < -0.3 is 10.8 Å². The second kappa shape index (κ2) is 3.98. The number of phenolic OH excluding ortho intramolecular Hbond substituents is 1. The molecule has 0 aliphatic carbocycles. The van der Waals surface area contributed by atoms with E-state index in [-0.39, 0.29) is 0 Å². The fourth-order valence-electron chi connectivity index (χ4n) is 1.58. The van der Waals surface area contributed by atoms with E-state index in [0.717, 1.165) is 24.1 Å². The zero-order valence-electron chi connectivity index (χ0n) is 7.86. The molecule has 1 aromatic carbocycles. The molecule has 0 unspecified atom stereocenters. The molecule has 0 saturated heterocycles. The van der Waals surface area contributed by atoms with E-state index in [1.54, 1.807) is 17.4 Å². The number of benzene rings is 1. The van der Waals surface area contributed by atoms with Crippen LogP contribution < -0.4 is 5.73 Å². The highest BCUT2D eigenvalue weighted by atomic mass is 32.1. The lowest BCUT2D eigenvalue weighted by molar-refractivity contribution is 0.482. The first-order chi connectivity index (χ1) is 6.83. The molecule has 2 nitrogen and oxygen atoms in total. The second-order valence-corrected chi connectivity index (χ2v) is 4.19. The molecule has 2 aromatic rings. The predicted octanol–water partition coefficient (Wildman–Crippen LogP) is 2.50. The lowest BCUT2D eigenvalue weighted by Gasteiger charge is -1.98. The van der Waals surface area contributed by atoms with Gasteiger partial charge in [-0.2, -0.15) is 0 Å². The summed E-state index contributed by atoms with van der Waals surface area (Å²) in [6, 6.07) is 5.67.